The molecular formula is C17H27N5O2. The number of nitrogens with one attached hydrogen (secondary N) is 2. The lowest BCUT2D eigenvalue weighted by Gasteiger charge is -2.18. The predicted molar refractivity (Wildman–Crippen MR) is 93.4 cm³/mol. The van der Waals surface area contributed by atoms with Crippen LogP contribution >= 0.6 is 0 Å². The van der Waals surface area contributed by atoms with E-state index in [4.69, 9.17) is 5.73 Å². The normalized spacial score (nSPS) is 18.5. The Labute approximate surface area is 143 Å². The Morgan fingerprint density at radius 2 is 2.21 bits per heavy atom. The summed E-state index contributed by atoms with van der Waals surface area (Å²) in [6, 6.07) is 5.40. The van der Waals surface area contributed by atoms with E-state index in [0.29, 0.717) is 6.54 Å². The molecule has 1 aromatic rings. The second kappa shape index (κ2) is 8.63. The molecule has 0 bridgehead atoms. The van der Waals surface area contributed by atoms with Crippen molar-refractivity contribution in [2.45, 2.75) is 38.8 Å². The van der Waals surface area contributed by atoms with Crippen LogP contribution in [-0.4, -0.2) is 48.5 Å². The first-order valence-electron chi connectivity index (χ1n) is 8.46. The van der Waals surface area contributed by atoms with Crippen molar-refractivity contribution >= 4 is 17.6 Å². The van der Waals surface area contributed by atoms with Crippen molar-refractivity contribution in [3.63, 3.8) is 0 Å². The number of carbonyl (C=O) groups is 2. The summed E-state index contributed by atoms with van der Waals surface area (Å²) in [5, 5.41) is 5.72. The molecule has 1 aromatic heterocycles. The third kappa shape index (κ3) is 5.19. The summed E-state index contributed by atoms with van der Waals surface area (Å²) < 4.78 is 0. The van der Waals surface area contributed by atoms with E-state index in [0.717, 1.165) is 25.3 Å². The van der Waals surface area contributed by atoms with Crippen molar-refractivity contribution in [1.29, 1.82) is 0 Å². The molecule has 0 radical (unpaired) electrons. The predicted octanol–water partition coefficient (Wildman–Crippen LogP) is 0.266. The van der Waals surface area contributed by atoms with E-state index in [9.17, 15) is 9.59 Å². The van der Waals surface area contributed by atoms with Crippen molar-refractivity contribution in [2.75, 3.05) is 24.5 Å². The summed E-state index contributed by atoms with van der Waals surface area (Å²) in [4.78, 5) is 30.2. The Hall–Kier alpha value is -2.15. The van der Waals surface area contributed by atoms with Crippen molar-refractivity contribution in [2.24, 2.45) is 11.7 Å². The number of aromatic nitrogens is 1. The maximum Gasteiger partial charge on any atom is 0.237 e. The lowest BCUT2D eigenvalue weighted by atomic mass is 10.1. The Kier molecular flexibility index (Phi) is 6.54. The lowest BCUT2D eigenvalue weighted by Crippen LogP contribution is -2.45. The van der Waals surface area contributed by atoms with E-state index in [-0.39, 0.29) is 30.2 Å². The zero-order chi connectivity index (χ0) is 17.5. The third-order valence-corrected chi connectivity index (χ3v) is 4.20. The Balaban J connectivity index is 1.67. The fourth-order valence-corrected chi connectivity index (χ4v) is 2.65. The van der Waals surface area contributed by atoms with Gasteiger partial charge in [0, 0.05) is 38.3 Å². The van der Waals surface area contributed by atoms with Crippen LogP contribution in [-0.2, 0) is 9.59 Å². The number of hydrogen-bond acceptors (Lipinski definition) is 5. The maximum absolute atomic E-state index is 12.0. The average Bonchev–Trinajstić information content (AvgIpc) is 3.03. The molecule has 2 amide bonds. The molecule has 0 spiro atoms. The molecule has 7 nitrogen and oxygen atoms in total. The molecule has 2 atom stereocenters. The first kappa shape index (κ1) is 18.2. The minimum absolute atomic E-state index is 0.0544. The fourth-order valence-electron chi connectivity index (χ4n) is 2.65. The van der Waals surface area contributed by atoms with E-state index in [1.165, 1.54) is 0 Å². The molecule has 2 unspecified atom stereocenters. The van der Waals surface area contributed by atoms with Gasteiger partial charge in [-0.3, -0.25) is 9.59 Å². The molecule has 0 aliphatic carbocycles. The summed E-state index contributed by atoms with van der Waals surface area (Å²) in [5.74, 6) is 0.750. The average molecular weight is 333 g/mol. The molecule has 1 saturated heterocycles. The largest absolute Gasteiger partial charge is 0.354 e. The minimum Gasteiger partial charge on any atom is -0.354 e. The molecule has 0 aromatic carbocycles. The topological polar surface area (TPSA) is 100 Å². The highest BCUT2D eigenvalue weighted by molar-refractivity contribution is 5.82. The van der Waals surface area contributed by atoms with E-state index in [1.54, 1.807) is 6.20 Å². The number of pyridine rings is 1. The minimum atomic E-state index is -0.533. The van der Waals surface area contributed by atoms with Gasteiger partial charge in [-0.2, -0.15) is 0 Å². The Morgan fingerprint density at radius 1 is 1.42 bits per heavy atom. The van der Waals surface area contributed by atoms with E-state index < -0.39 is 6.04 Å². The van der Waals surface area contributed by atoms with Crippen LogP contribution in [0.3, 0.4) is 0 Å². The quantitative estimate of drug-likeness (QED) is 0.665. The summed E-state index contributed by atoms with van der Waals surface area (Å²) in [6.07, 6.45) is 2.93. The van der Waals surface area contributed by atoms with E-state index in [2.05, 4.69) is 20.5 Å². The van der Waals surface area contributed by atoms with Crippen molar-refractivity contribution in [1.82, 2.24) is 15.6 Å². The second-order valence-electron chi connectivity index (χ2n) is 6.50. The SMILES string of the molecule is CC(C)C(N)C(=O)NCCC(=O)NC1CCN(c2ccccn2)C1. The van der Waals surface area contributed by atoms with Gasteiger partial charge in [-0.15, -0.1) is 0 Å². The zero-order valence-electron chi connectivity index (χ0n) is 14.4. The number of nitrogens with two attached hydrogens (primary N) is 1. The van der Waals surface area contributed by atoms with Crippen molar-refractivity contribution < 1.29 is 9.59 Å². The first-order valence-corrected chi connectivity index (χ1v) is 8.46. The number of hydrogen-bond donors (Lipinski definition) is 3. The maximum atomic E-state index is 12.0. The van der Waals surface area contributed by atoms with Gasteiger partial charge in [-0.1, -0.05) is 19.9 Å². The fraction of sp³-hybridized carbons (Fsp3) is 0.588. The second-order valence-corrected chi connectivity index (χ2v) is 6.50. The van der Waals surface area contributed by atoms with Crippen LogP contribution in [0.5, 0.6) is 0 Å². The van der Waals surface area contributed by atoms with E-state index in [1.807, 2.05) is 32.0 Å². The van der Waals surface area contributed by atoms with Gasteiger partial charge in [-0.05, 0) is 24.5 Å². The monoisotopic (exact) mass is 333 g/mol. The summed E-state index contributed by atoms with van der Waals surface area (Å²) >= 11 is 0. The standard InChI is InChI=1S/C17H27N5O2/c1-12(2)16(18)17(24)20-9-6-15(23)21-13-7-10-22(11-13)14-5-3-4-8-19-14/h3-5,8,12-13,16H,6-7,9-11,18H2,1-2H3,(H,20,24)(H,21,23). The Bertz CT molecular complexity index is 549. The van der Waals surface area contributed by atoms with Crippen LogP contribution in [0.2, 0.25) is 0 Å². The number of rotatable bonds is 7. The highest BCUT2D eigenvalue weighted by Crippen LogP contribution is 2.17. The van der Waals surface area contributed by atoms with Gasteiger partial charge in [-0.25, -0.2) is 4.98 Å². The summed E-state index contributed by atoms with van der Waals surface area (Å²) in [7, 11) is 0. The van der Waals surface area contributed by atoms with Gasteiger partial charge >= 0.3 is 0 Å². The van der Waals surface area contributed by atoms with Gasteiger partial charge in [0.1, 0.15) is 5.82 Å². The van der Waals surface area contributed by atoms with Crippen LogP contribution in [0, 0.1) is 5.92 Å². The van der Waals surface area contributed by atoms with Gasteiger partial charge in [0.15, 0.2) is 0 Å². The molecule has 24 heavy (non-hydrogen) atoms. The van der Waals surface area contributed by atoms with Gasteiger partial charge < -0.3 is 21.3 Å². The van der Waals surface area contributed by atoms with Crippen LogP contribution < -0.4 is 21.3 Å². The molecule has 132 valence electrons. The smallest absolute Gasteiger partial charge is 0.237 e. The number of amides is 2. The van der Waals surface area contributed by atoms with Gasteiger partial charge in [0.25, 0.3) is 0 Å². The molecule has 1 aliphatic heterocycles. The molecule has 2 rings (SSSR count). The summed E-state index contributed by atoms with van der Waals surface area (Å²) in [6.45, 7) is 5.73. The van der Waals surface area contributed by atoms with Crippen LogP contribution in [0.25, 0.3) is 0 Å². The van der Waals surface area contributed by atoms with Crippen molar-refractivity contribution in [3.05, 3.63) is 24.4 Å². The molecular weight excluding hydrogens is 306 g/mol. The molecule has 2 heterocycles. The third-order valence-electron chi connectivity index (χ3n) is 4.20. The molecule has 4 N–H and O–H groups in total. The molecule has 7 heteroatoms. The van der Waals surface area contributed by atoms with Gasteiger partial charge in [0.05, 0.1) is 6.04 Å². The van der Waals surface area contributed by atoms with Crippen LogP contribution in [0.1, 0.15) is 26.7 Å². The molecule has 1 aliphatic rings. The van der Waals surface area contributed by atoms with Crippen molar-refractivity contribution in [3.8, 4) is 0 Å². The van der Waals surface area contributed by atoms with Gasteiger partial charge in [0.2, 0.25) is 11.8 Å². The van der Waals surface area contributed by atoms with E-state index >= 15 is 0 Å². The molecule has 0 saturated carbocycles. The highest BCUT2D eigenvalue weighted by Gasteiger charge is 2.24. The van der Waals surface area contributed by atoms with Crippen LogP contribution in [0.4, 0.5) is 5.82 Å². The lowest BCUT2D eigenvalue weighted by molar-refractivity contribution is -0.123. The number of nitrogens with zero attached hydrogens (tertiary/aromatic N) is 2. The molecule has 1 fully saturated rings. The van der Waals surface area contributed by atoms with Crippen LogP contribution in [0.15, 0.2) is 24.4 Å². The number of anilines is 1. The zero-order valence-corrected chi connectivity index (χ0v) is 14.4. The number of carbonyl (C=O) groups excluding carboxylic acids is 2. The summed E-state index contributed by atoms with van der Waals surface area (Å²) in [5.41, 5.74) is 5.76. The first-order chi connectivity index (χ1) is 11.5. The Morgan fingerprint density at radius 3 is 2.88 bits per heavy atom. The highest BCUT2D eigenvalue weighted by atomic mass is 16.2.